The maximum absolute atomic E-state index is 12.6. The van der Waals surface area contributed by atoms with Gasteiger partial charge in [0.05, 0.1) is 21.3 Å². The lowest BCUT2D eigenvalue weighted by Crippen LogP contribution is -2.06. The first kappa shape index (κ1) is 18.9. The van der Waals surface area contributed by atoms with Crippen molar-refractivity contribution >= 4 is 23.5 Å². The number of ether oxygens (including phenoxy) is 4. The lowest BCUT2D eigenvalue weighted by molar-refractivity contribution is 0.104. The Bertz CT molecular complexity index is 905. The summed E-state index contributed by atoms with van der Waals surface area (Å²) in [5, 5.41) is 0.632. The molecule has 0 aromatic heterocycles. The molecule has 0 amide bonds. The standard InChI is InChI=1S/C21H19ClO5/c1-24-19-10-14(11-20(25-2)21(19)26-3)17(23)6-4-13-8-15-9-16(22)5-7-18(15)27-12-13/h4-11H,12H2,1-3H3/b6-4+. The molecule has 6 heteroatoms. The molecule has 0 unspecified atom stereocenters. The number of fused-ring (bicyclic) bond motifs is 1. The van der Waals surface area contributed by atoms with E-state index in [0.29, 0.717) is 34.4 Å². The molecule has 1 heterocycles. The van der Waals surface area contributed by atoms with E-state index in [9.17, 15) is 4.79 Å². The van der Waals surface area contributed by atoms with Gasteiger partial charge in [0.25, 0.3) is 0 Å². The van der Waals surface area contributed by atoms with Crippen LogP contribution in [-0.4, -0.2) is 33.7 Å². The van der Waals surface area contributed by atoms with Gasteiger partial charge in [-0.1, -0.05) is 17.7 Å². The van der Waals surface area contributed by atoms with Crippen LogP contribution in [0.15, 0.2) is 48.1 Å². The summed E-state index contributed by atoms with van der Waals surface area (Å²) in [5.41, 5.74) is 2.18. The monoisotopic (exact) mass is 386 g/mol. The number of allylic oxidation sites excluding steroid dienone is 1. The van der Waals surface area contributed by atoms with Crippen LogP contribution >= 0.6 is 11.6 Å². The number of halogens is 1. The number of benzene rings is 2. The van der Waals surface area contributed by atoms with Gasteiger partial charge in [0.2, 0.25) is 5.75 Å². The van der Waals surface area contributed by atoms with Gasteiger partial charge in [0, 0.05) is 16.1 Å². The molecule has 0 N–H and O–H groups in total. The van der Waals surface area contributed by atoms with E-state index in [4.69, 9.17) is 30.5 Å². The predicted molar refractivity (Wildman–Crippen MR) is 104 cm³/mol. The van der Waals surface area contributed by atoms with E-state index in [1.807, 2.05) is 18.2 Å². The summed E-state index contributed by atoms with van der Waals surface area (Å²) < 4.78 is 21.5. The molecule has 1 aliphatic heterocycles. The molecule has 0 atom stereocenters. The molecule has 0 radical (unpaired) electrons. The third kappa shape index (κ3) is 4.09. The Labute approximate surface area is 162 Å². The second-order valence-corrected chi connectivity index (χ2v) is 6.24. The van der Waals surface area contributed by atoms with Crippen molar-refractivity contribution in [2.45, 2.75) is 0 Å². The van der Waals surface area contributed by atoms with Gasteiger partial charge < -0.3 is 18.9 Å². The van der Waals surface area contributed by atoms with Crippen LogP contribution in [0.4, 0.5) is 0 Å². The minimum absolute atomic E-state index is 0.188. The SMILES string of the molecule is COc1cc(C(=O)/C=C/C2=Cc3cc(Cl)ccc3OC2)cc(OC)c1OC. The molecule has 1 aliphatic rings. The number of rotatable bonds is 6. The van der Waals surface area contributed by atoms with Crippen molar-refractivity contribution in [1.82, 2.24) is 0 Å². The topological polar surface area (TPSA) is 54.0 Å². The average molecular weight is 387 g/mol. The summed E-state index contributed by atoms with van der Waals surface area (Å²) in [6, 6.07) is 8.67. The van der Waals surface area contributed by atoms with Crippen LogP contribution in [0.3, 0.4) is 0 Å². The molecule has 2 aromatic carbocycles. The van der Waals surface area contributed by atoms with E-state index >= 15 is 0 Å². The molecule has 5 nitrogen and oxygen atoms in total. The molecular formula is C21H19ClO5. The Morgan fingerprint density at radius 1 is 1.07 bits per heavy atom. The Morgan fingerprint density at radius 3 is 2.41 bits per heavy atom. The molecular weight excluding hydrogens is 368 g/mol. The molecule has 0 saturated carbocycles. The first-order valence-corrected chi connectivity index (χ1v) is 8.59. The summed E-state index contributed by atoms with van der Waals surface area (Å²) in [5.74, 6) is 1.88. The van der Waals surface area contributed by atoms with Crippen LogP contribution in [-0.2, 0) is 0 Å². The minimum Gasteiger partial charge on any atom is -0.493 e. The number of hydrogen-bond acceptors (Lipinski definition) is 5. The van der Waals surface area contributed by atoms with Crippen molar-refractivity contribution < 1.29 is 23.7 Å². The van der Waals surface area contributed by atoms with Gasteiger partial charge in [0.15, 0.2) is 17.3 Å². The highest BCUT2D eigenvalue weighted by Crippen LogP contribution is 2.38. The molecule has 0 spiro atoms. The largest absolute Gasteiger partial charge is 0.493 e. The smallest absolute Gasteiger partial charge is 0.203 e. The van der Waals surface area contributed by atoms with Crippen molar-refractivity contribution in [2.75, 3.05) is 27.9 Å². The zero-order chi connectivity index (χ0) is 19.4. The molecule has 0 bridgehead atoms. The summed E-state index contributed by atoms with van der Waals surface area (Å²) in [7, 11) is 4.53. The summed E-state index contributed by atoms with van der Waals surface area (Å²) >= 11 is 6.02. The van der Waals surface area contributed by atoms with Gasteiger partial charge in [-0.05, 0) is 48.1 Å². The molecule has 3 rings (SSSR count). The van der Waals surface area contributed by atoms with Gasteiger partial charge in [-0.3, -0.25) is 4.79 Å². The zero-order valence-electron chi connectivity index (χ0n) is 15.2. The first-order chi connectivity index (χ1) is 13.0. The van der Waals surface area contributed by atoms with Crippen molar-refractivity contribution in [3.63, 3.8) is 0 Å². The highest BCUT2D eigenvalue weighted by Gasteiger charge is 2.16. The highest BCUT2D eigenvalue weighted by molar-refractivity contribution is 6.30. The zero-order valence-corrected chi connectivity index (χ0v) is 16.0. The Hall–Kier alpha value is -2.92. The Kier molecular flexibility index (Phi) is 5.72. The lowest BCUT2D eigenvalue weighted by Gasteiger charge is -2.16. The van der Waals surface area contributed by atoms with Crippen molar-refractivity contribution in [2.24, 2.45) is 0 Å². The summed E-state index contributed by atoms with van der Waals surface area (Å²) in [4.78, 5) is 12.6. The minimum atomic E-state index is -0.188. The van der Waals surface area contributed by atoms with Gasteiger partial charge in [0.1, 0.15) is 12.4 Å². The van der Waals surface area contributed by atoms with E-state index in [1.165, 1.54) is 27.4 Å². The number of ketones is 1. The quantitative estimate of drug-likeness (QED) is 0.537. The Balaban J connectivity index is 1.85. The molecule has 0 fully saturated rings. The summed E-state index contributed by atoms with van der Waals surface area (Å²) in [6.07, 6.45) is 5.17. The van der Waals surface area contributed by atoms with E-state index in [-0.39, 0.29) is 5.78 Å². The van der Waals surface area contributed by atoms with E-state index in [0.717, 1.165) is 16.9 Å². The number of methoxy groups -OCH3 is 3. The van der Waals surface area contributed by atoms with Gasteiger partial charge >= 0.3 is 0 Å². The number of hydrogen-bond donors (Lipinski definition) is 0. The van der Waals surface area contributed by atoms with Crippen LogP contribution in [0.25, 0.3) is 6.08 Å². The molecule has 140 valence electrons. The van der Waals surface area contributed by atoms with Gasteiger partial charge in [-0.15, -0.1) is 0 Å². The van der Waals surface area contributed by atoms with Crippen molar-refractivity contribution in [1.29, 1.82) is 0 Å². The fourth-order valence-electron chi connectivity index (χ4n) is 2.76. The fourth-order valence-corrected chi connectivity index (χ4v) is 2.95. The maximum Gasteiger partial charge on any atom is 0.203 e. The highest BCUT2D eigenvalue weighted by atomic mass is 35.5. The normalized spacial score (nSPS) is 12.8. The van der Waals surface area contributed by atoms with Gasteiger partial charge in [-0.2, -0.15) is 0 Å². The van der Waals surface area contributed by atoms with E-state index in [2.05, 4.69) is 0 Å². The van der Waals surface area contributed by atoms with Crippen LogP contribution in [0.1, 0.15) is 15.9 Å². The third-order valence-electron chi connectivity index (χ3n) is 4.11. The average Bonchev–Trinajstić information content (AvgIpc) is 2.70. The predicted octanol–water partition coefficient (Wildman–Crippen LogP) is 4.58. The number of carbonyl (C=O) groups is 1. The van der Waals surface area contributed by atoms with Crippen molar-refractivity contribution in [3.05, 3.63) is 64.2 Å². The second kappa shape index (κ2) is 8.18. The van der Waals surface area contributed by atoms with Gasteiger partial charge in [-0.25, -0.2) is 0 Å². The van der Waals surface area contributed by atoms with Crippen molar-refractivity contribution in [3.8, 4) is 23.0 Å². The van der Waals surface area contributed by atoms with Crippen LogP contribution < -0.4 is 18.9 Å². The van der Waals surface area contributed by atoms with Crippen LogP contribution in [0.2, 0.25) is 5.02 Å². The fraction of sp³-hybridized carbons (Fsp3) is 0.190. The molecule has 2 aromatic rings. The third-order valence-corrected chi connectivity index (χ3v) is 4.34. The lowest BCUT2D eigenvalue weighted by atomic mass is 10.0. The molecule has 0 aliphatic carbocycles. The van der Waals surface area contributed by atoms with Crippen LogP contribution in [0, 0.1) is 0 Å². The summed E-state index contributed by atoms with van der Waals surface area (Å²) in [6.45, 7) is 0.383. The maximum atomic E-state index is 12.6. The molecule has 0 saturated heterocycles. The second-order valence-electron chi connectivity index (χ2n) is 5.80. The first-order valence-electron chi connectivity index (χ1n) is 8.21. The van der Waals surface area contributed by atoms with E-state index < -0.39 is 0 Å². The van der Waals surface area contributed by atoms with Crippen LogP contribution in [0.5, 0.6) is 23.0 Å². The molecule has 27 heavy (non-hydrogen) atoms. The number of carbonyl (C=O) groups excluding carboxylic acids is 1. The van der Waals surface area contributed by atoms with E-state index in [1.54, 1.807) is 24.3 Å². The Morgan fingerprint density at radius 2 is 1.78 bits per heavy atom.